The predicted octanol–water partition coefficient (Wildman–Crippen LogP) is 3.36. The van der Waals surface area contributed by atoms with Crippen molar-refractivity contribution in [1.82, 2.24) is 15.2 Å². The van der Waals surface area contributed by atoms with Gasteiger partial charge in [0.15, 0.2) is 0 Å². The predicted molar refractivity (Wildman–Crippen MR) is 76.7 cm³/mol. The zero-order valence-corrected chi connectivity index (χ0v) is 11.1. The SMILES string of the molecule is COc1cncc(-c2n[nH]c(=S)c3ccccc23)c1. The number of nitrogens with zero attached hydrogens (tertiary/aromatic N) is 2. The monoisotopic (exact) mass is 269 g/mol. The third-order valence-electron chi connectivity index (χ3n) is 2.92. The van der Waals surface area contributed by atoms with Crippen LogP contribution in [0.5, 0.6) is 5.75 Å². The first-order chi connectivity index (χ1) is 9.29. The summed E-state index contributed by atoms with van der Waals surface area (Å²) in [5.41, 5.74) is 1.71. The number of fused-ring (bicyclic) bond motifs is 1. The van der Waals surface area contributed by atoms with E-state index < -0.39 is 0 Å². The van der Waals surface area contributed by atoms with E-state index in [1.54, 1.807) is 19.5 Å². The quantitative estimate of drug-likeness (QED) is 0.725. The van der Waals surface area contributed by atoms with Crippen molar-refractivity contribution in [1.29, 1.82) is 0 Å². The van der Waals surface area contributed by atoms with Crippen molar-refractivity contribution in [3.05, 3.63) is 47.4 Å². The number of hydrogen-bond acceptors (Lipinski definition) is 4. The number of hydrogen-bond donors (Lipinski definition) is 1. The minimum Gasteiger partial charge on any atom is -0.495 e. The number of nitrogens with one attached hydrogen (secondary N) is 1. The highest BCUT2D eigenvalue weighted by Crippen LogP contribution is 2.27. The number of rotatable bonds is 2. The van der Waals surface area contributed by atoms with Gasteiger partial charge in [-0.1, -0.05) is 36.5 Å². The molecule has 0 aliphatic carbocycles. The topological polar surface area (TPSA) is 50.8 Å². The number of methoxy groups -OCH3 is 1. The molecule has 19 heavy (non-hydrogen) atoms. The van der Waals surface area contributed by atoms with Gasteiger partial charge in [-0.2, -0.15) is 5.10 Å². The van der Waals surface area contributed by atoms with Crippen molar-refractivity contribution in [2.24, 2.45) is 0 Å². The van der Waals surface area contributed by atoms with Gasteiger partial charge in [-0.25, -0.2) is 0 Å². The molecule has 94 valence electrons. The van der Waals surface area contributed by atoms with Gasteiger partial charge in [0.05, 0.1) is 13.3 Å². The van der Waals surface area contributed by atoms with Crippen LogP contribution >= 0.6 is 12.2 Å². The number of ether oxygens (including phenoxy) is 1. The van der Waals surface area contributed by atoms with Crippen LogP contribution in [0.15, 0.2) is 42.7 Å². The molecule has 0 unspecified atom stereocenters. The van der Waals surface area contributed by atoms with E-state index in [0.29, 0.717) is 10.4 Å². The third-order valence-corrected chi connectivity index (χ3v) is 3.23. The Morgan fingerprint density at radius 2 is 1.95 bits per heavy atom. The summed E-state index contributed by atoms with van der Waals surface area (Å²) >= 11 is 5.25. The molecule has 5 heteroatoms. The van der Waals surface area contributed by atoms with E-state index in [-0.39, 0.29) is 0 Å². The van der Waals surface area contributed by atoms with Gasteiger partial charge in [-0.05, 0) is 6.07 Å². The first-order valence-electron chi connectivity index (χ1n) is 5.76. The summed E-state index contributed by atoms with van der Waals surface area (Å²) in [6, 6.07) is 9.81. The number of H-pyrrole nitrogens is 1. The Morgan fingerprint density at radius 1 is 1.16 bits per heavy atom. The summed E-state index contributed by atoms with van der Waals surface area (Å²) in [5, 5.41) is 9.18. The third kappa shape index (κ3) is 2.08. The van der Waals surface area contributed by atoms with Crippen LogP contribution in [0.4, 0.5) is 0 Å². The molecule has 2 heterocycles. The molecular weight excluding hydrogens is 258 g/mol. The molecule has 0 spiro atoms. The van der Waals surface area contributed by atoms with Gasteiger partial charge in [0, 0.05) is 22.5 Å². The minimum absolute atomic E-state index is 0.634. The van der Waals surface area contributed by atoms with E-state index in [1.807, 2.05) is 30.3 Å². The second-order valence-electron chi connectivity index (χ2n) is 4.06. The second-order valence-corrected chi connectivity index (χ2v) is 4.47. The lowest BCUT2D eigenvalue weighted by molar-refractivity contribution is 0.413. The van der Waals surface area contributed by atoms with Crippen LogP contribution < -0.4 is 4.74 Å². The molecule has 0 bridgehead atoms. The number of aromatic amines is 1. The van der Waals surface area contributed by atoms with Crippen molar-refractivity contribution in [2.45, 2.75) is 0 Å². The Hall–Kier alpha value is -2.27. The highest BCUT2D eigenvalue weighted by Gasteiger charge is 2.08. The summed E-state index contributed by atoms with van der Waals surface area (Å²) in [4.78, 5) is 4.16. The molecular formula is C14H11N3OS. The Morgan fingerprint density at radius 3 is 2.74 bits per heavy atom. The Bertz CT molecular complexity index is 798. The average molecular weight is 269 g/mol. The maximum atomic E-state index is 5.25. The Balaban J connectivity index is 2.31. The molecule has 1 N–H and O–H groups in total. The van der Waals surface area contributed by atoms with Crippen LogP contribution in [0.1, 0.15) is 0 Å². The molecule has 0 radical (unpaired) electrons. The first kappa shape index (κ1) is 11.8. The highest BCUT2D eigenvalue weighted by atomic mass is 32.1. The standard InChI is InChI=1S/C14H11N3OS/c1-18-10-6-9(7-15-8-10)13-11-4-2-3-5-12(11)14(19)17-16-13/h2-8H,1H3,(H,17,19). The van der Waals surface area contributed by atoms with Crippen LogP contribution in [-0.4, -0.2) is 22.3 Å². The molecule has 1 aromatic carbocycles. The van der Waals surface area contributed by atoms with Crippen LogP contribution in [0.2, 0.25) is 0 Å². The maximum absolute atomic E-state index is 5.25. The lowest BCUT2D eigenvalue weighted by Crippen LogP contribution is -1.93. The summed E-state index contributed by atoms with van der Waals surface area (Å²) in [7, 11) is 1.62. The van der Waals surface area contributed by atoms with Gasteiger partial charge < -0.3 is 4.74 Å². The molecule has 0 aliphatic rings. The van der Waals surface area contributed by atoms with Gasteiger partial charge in [0.2, 0.25) is 0 Å². The van der Waals surface area contributed by atoms with Gasteiger partial charge >= 0.3 is 0 Å². The average Bonchev–Trinajstić information content (AvgIpc) is 2.48. The van der Waals surface area contributed by atoms with E-state index in [2.05, 4.69) is 15.2 Å². The van der Waals surface area contributed by atoms with Gasteiger partial charge in [0.1, 0.15) is 16.1 Å². The van der Waals surface area contributed by atoms with E-state index in [9.17, 15) is 0 Å². The van der Waals surface area contributed by atoms with E-state index in [0.717, 1.165) is 22.0 Å². The smallest absolute Gasteiger partial charge is 0.137 e. The fraction of sp³-hybridized carbons (Fsp3) is 0.0714. The molecule has 0 fully saturated rings. The summed E-state index contributed by atoms with van der Waals surface area (Å²) < 4.78 is 5.83. The molecule has 3 rings (SSSR count). The van der Waals surface area contributed by atoms with Crippen molar-refractivity contribution in [3.8, 4) is 17.0 Å². The zero-order chi connectivity index (χ0) is 13.2. The van der Waals surface area contributed by atoms with Crippen LogP contribution in [0.25, 0.3) is 22.0 Å². The normalized spacial score (nSPS) is 10.6. The van der Waals surface area contributed by atoms with Crippen molar-refractivity contribution in [2.75, 3.05) is 7.11 Å². The Kier molecular flexibility index (Phi) is 2.97. The highest BCUT2D eigenvalue weighted by molar-refractivity contribution is 7.71. The Labute approximate surface area is 115 Å². The van der Waals surface area contributed by atoms with E-state index >= 15 is 0 Å². The summed E-state index contributed by atoms with van der Waals surface area (Å²) in [5.74, 6) is 0.700. The van der Waals surface area contributed by atoms with Crippen LogP contribution in [0.3, 0.4) is 0 Å². The molecule has 3 aromatic rings. The minimum atomic E-state index is 0.634. The zero-order valence-electron chi connectivity index (χ0n) is 10.3. The fourth-order valence-corrected chi connectivity index (χ4v) is 2.22. The molecule has 4 nitrogen and oxygen atoms in total. The largest absolute Gasteiger partial charge is 0.495 e. The van der Waals surface area contributed by atoms with Crippen molar-refractivity contribution >= 4 is 23.0 Å². The molecule has 0 saturated heterocycles. The molecule has 0 aliphatic heterocycles. The lowest BCUT2D eigenvalue weighted by Gasteiger charge is -2.06. The van der Waals surface area contributed by atoms with E-state index in [4.69, 9.17) is 17.0 Å². The van der Waals surface area contributed by atoms with Gasteiger partial charge in [-0.15, -0.1) is 0 Å². The number of benzene rings is 1. The molecule has 0 atom stereocenters. The number of aromatic nitrogens is 3. The molecule has 0 amide bonds. The van der Waals surface area contributed by atoms with Crippen LogP contribution in [-0.2, 0) is 0 Å². The summed E-state index contributed by atoms with van der Waals surface area (Å²) in [6.45, 7) is 0. The maximum Gasteiger partial charge on any atom is 0.137 e. The molecule has 0 saturated carbocycles. The van der Waals surface area contributed by atoms with Crippen molar-refractivity contribution in [3.63, 3.8) is 0 Å². The van der Waals surface area contributed by atoms with Crippen molar-refractivity contribution < 1.29 is 4.74 Å². The lowest BCUT2D eigenvalue weighted by atomic mass is 10.1. The van der Waals surface area contributed by atoms with E-state index in [1.165, 1.54) is 0 Å². The second kappa shape index (κ2) is 4.78. The summed E-state index contributed by atoms with van der Waals surface area (Å²) in [6.07, 6.45) is 3.42. The van der Waals surface area contributed by atoms with Crippen LogP contribution in [0, 0.1) is 4.64 Å². The number of pyridine rings is 1. The molecule has 2 aromatic heterocycles. The first-order valence-corrected chi connectivity index (χ1v) is 6.17. The fourth-order valence-electron chi connectivity index (χ4n) is 1.99. The van der Waals surface area contributed by atoms with Gasteiger partial charge in [-0.3, -0.25) is 10.1 Å². The van der Waals surface area contributed by atoms with Gasteiger partial charge in [0.25, 0.3) is 0 Å².